The number of unbranched alkanes of at least 4 members (excludes halogenated alkanes) is 1. The minimum Gasteiger partial charge on any atom is -0.444 e. The summed E-state index contributed by atoms with van der Waals surface area (Å²) < 4.78 is 28.3. The van der Waals surface area contributed by atoms with Gasteiger partial charge in [-0.05, 0) is 59.1 Å². The number of pyridine rings is 1. The summed E-state index contributed by atoms with van der Waals surface area (Å²) in [4.78, 5) is 31.0. The minimum atomic E-state index is -2.91. The SMILES string of the molecule is CCNc1nc(CCCCNC(=O)OC(C)(C)C)ccc1C(=O)NCCN1CCS(=O)(=O)CC1. The number of aromatic nitrogens is 1. The summed E-state index contributed by atoms with van der Waals surface area (Å²) in [5.41, 5.74) is 0.847. The average Bonchev–Trinajstić information content (AvgIpc) is 2.74. The lowest BCUT2D eigenvalue weighted by molar-refractivity contribution is 0.0527. The first-order valence-corrected chi connectivity index (χ1v) is 13.7. The molecular formula is C23H39N5O5S. The second kappa shape index (κ2) is 12.9. The molecule has 2 heterocycles. The van der Waals surface area contributed by atoms with Crippen LogP contribution in [-0.4, -0.2) is 86.7 Å². The van der Waals surface area contributed by atoms with E-state index < -0.39 is 21.5 Å². The molecular weight excluding hydrogens is 458 g/mol. The summed E-state index contributed by atoms with van der Waals surface area (Å²) in [6, 6.07) is 3.63. The standard InChI is InChI=1S/C23H39N5O5S/c1-5-24-20-19(21(29)25-12-13-28-14-16-34(31,32)17-15-28)10-9-18(27-20)8-6-7-11-26-22(30)33-23(2,3)4/h9-10H,5-8,11-17H2,1-4H3,(H,24,27)(H,25,29)(H,26,30). The van der Waals surface area contributed by atoms with Gasteiger partial charge in [0.25, 0.3) is 5.91 Å². The molecule has 0 aliphatic carbocycles. The fourth-order valence-electron chi connectivity index (χ4n) is 3.46. The third-order valence-electron chi connectivity index (χ3n) is 5.22. The van der Waals surface area contributed by atoms with Crippen molar-refractivity contribution in [2.45, 2.75) is 52.6 Å². The molecule has 0 spiro atoms. The van der Waals surface area contributed by atoms with Gasteiger partial charge in [-0.1, -0.05) is 0 Å². The van der Waals surface area contributed by atoms with Crippen LogP contribution >= 0.6 is 0 Å². The molecule has 1 aliphatic rings. The van der Waals surface area contributed by atoms with E-state index in [1.54, 1.807) is 6.07 Å². The van der Waals surface area contributed by atoms with Crippen LogP contribution in [0.3, 0.4) is 0 Å². The third kappa shape index (κ3) is 10.3. The van der Waals surface area contributed by atoms with Crippen molar-refractivity contribution in [3.8, 4) is 0 Å². The predicted octanol–water partition coefficient (Wildman–Crippen LogP) is 1.82. The number of rotatable bonds is 11. The molecule has 1 saturated heterocycles. The predicted molar refractivity (Wildman–Crippen MR) is 133 cm³/mol. The van der Waals surface area contributed by atoms with Gasteiger partial charge in [-0.3, -0.25) is 9.69 Å². The Balaban J connectivity index is 1.79. The summed E-state index contributed by atoms with van der Waals surface area (Å²) in [6.07, 6.45) is 1.94. The molecule has 0 saturated carbocycles. The van der Waals surface area contributed by atoms with Gasteiger partial charge in [-0.25, -0.2) is 18.2 Å². The smallest absolute Gasteiger partial charge is 0.407 e. The van der Waals surface area contributed by atoms with Gasteiger partial charge in [0.2, 0.25) is 0 Å². The lowest BCUT2D eigenvalue weighted by atomic mass is 10.1. The second-order valence-electron chi connectivity index (χ2n) is 9.36. The number of nitrogens with zero attached hydrogens (tertiary/aromatic N) is 2. The lowest BCUT2D eigenvalue weighted by Gasteiger charge is -2.26. The first kappa shape index (κ1) is 27.8. The Morgan fingerprint density at radius 2 is 1.79 bits per heavy atom. The lowest BCUT2D eigenvalue weighted by Crippen LogP contribution is -2.43. The number of hydrogen-bond donors (Lipinski definition) is 3. The monoisotopic (exact) mass is 497 g/mol. The molecule has 1 aromatic rings. The molecule has 2 amide bonds. The maximum absolute atomic E-state index is 12.7. The largest absolute Gasteiger partial charge is 0.444 e. The number of alkyl carbamates (subject to hydrolysis) is 1. The van der Waals surface area contributed by atoms with Crippen LogP contribution in [0, 0.1) is 0 Å². The number of amides is 2. The molecule has 2 rings (SSSR count). The summed E-state index contributed by atoms with van der Waals surface area (Å²) in [6.45, 7) is 10.7. The third-order valence-corrected chi connectivity index (χ3v) is 6.83. The molecule has 1 aromatic heterocycles. The number of carbonyl (C=O) groups excluding carboxylic acids is 2. The summed E-state index contributed by atoms with van der Waals surface area (Å²) in [5.74, 6) is 0.691. The van der Waals surface area contributed by atoms with Crippen molar-refractivity contribution in [1.82, 2.24) is 20.5 Å². The number of sulfone groups is 1. The summed E-state index contributed by atoms with van der Waals surface area (Å²) in [7, 11) is -2.91. The van der Waals surface area contributed by atoms with E-state index in [-0.39, 0.29) is 17.4 Å². The van der Waals surface area contributed by atoms with Gasteiger partial charge < -0.3 is 20.7 Å². The Morgan fingerprint density at radius 3 is 2.44 bits per heavy atom. The highest BCUT2D eigenvalue weighted by molar-refractivity contribution is 7.91. The van der Waals surface area contributed by atoms with Gasteiger partial charge in [0.1, 0.15) is 11.4 Å². The number of carbonyl (C=O) groups is 2. The fraction of sp³-hybridized carbons (Fsp3) is 0.696. The van der Waals surface area contributed by atoms with E-state index in [2.05, 4.69) is 20.9 Å². The molecule has 0 radical (unpaired) electrons. The van der Waals surface area contributed by atoms with Crippen molar-refractivity contribution in [2.75, 3.05) is 56.1 Å². The Labute approximate surface area is 203 Å². The van der Waals surface area contributed by atoms with Gasteiger partial charge >= 0.3 is 6.09 Å². The Bertz CT molecular complexity index is 916. The van der Waals surface area contributed by atoms with E-state index in [4.69, 9.17) is 4.74 Å². The van der Waals surface area contributed by atoms with Crippen LogP contribution in [-0.2, 0) is 21.0 Å². The van der Waals surface area contributed by atoms with Gasteiger partial charge in [0.05, 0.1) is 17.1 Å². The molecule has 0 atom stereocenters. The molecule has 10 nitrogen and oxygen atoms in total. The Morgan fingerprint density at radius 1 is 1.09 bits per heavy atom. The molecule has 34 heavy (non-hydrogen) atoms. The number of ether oxygens (including phenoxy) is 1. The zero-order chi connectivity index (χ0) is 25.2. The van der Waals surface area contributed by atoms with Crippen LogP contribution in [0.1, 0.15) is 56.6 Å². The Kier molecular flexibility index (Phi) is 10.6. The van der Waals surface area contributed by atoms with Gasteiger partial charge in [0, 0.05) is 45.0 Å². The van der Waals surface area contributed by atoms with Gasteiger partial charge in [-0.2, -0.15) is 0 Å². The van der Waals surface area contributed by atoms with Crippen molar-refractivity contribution in [3.05, 3.63) is 23.4 Å². The molecule has 0 bridgehead atoms. The molecule has 11 heteroatoms. The van der Waals surface area contributed by atoms with Crippen LogP contribution in [0.15, 0.2) is 12.1 Å². The van der Waals surface area contributed by atoms with Crippen LogP contribution in [0.2, 0.25) is 0 Å². The zero-order valence-electron chi connectivity index (χ0n) is 20.8. The summed E-state index contributed by atoms with van der Waals surface area (Å²) in [5, 5.41) is 8.82. The average molecular weight is 498 g/mol. The highest BCUT2D eigenvalue weighted by Crippen LogP contribution is 2.15. The van der Waals surface area contributed by atoms with Crippen molar-refractivity contribution < 1.29 is 22.7 Å². The van der Waals surface area contributed by atoms with Crippen LogP contribution < -0.4 is 16.0 Å². The number of anilines is 1. The van der Waals surface area contributed by atoms with E-state index in [9.17, 15) is 18.0 Å². The van der Waals surface area contributed by atoms with Crippen LogP contribution in [0.25, 0.3) is 0 Å². The number of aryl methyl sites for hydroxylation is 1. The van der Waals surface area contributed by atoms with E-state index >= 15 is 0 Å². The first-order valence-electron chi connectivity index (χ1n) is 11.9. The quantitative estimate of drug-likeness (QED) is 0.395. The Hall–Kier alpha value is -2.40. The van der Waals surface area contributed by atoms with Gasteiger partial charge in [0.15, 0.2) is 9.84 Å². The highest BCUT2D eigenvalue weighted by atomic mass is 32.2. The fourth-order valence-corrected chi connectivity index (χ4v) is 4.73. The van der Waals surface area contributed by atoms with Crippen molar-refractivity contribution in [3.63, 3.8) is 0 Å². The zero-order valence-corrected chi connectivity index (χ0v) is 21.6. The van der Waals surface area contributed by atoms with E-state index in [1.165, 1.54) is 0 Å². The summed E-state index contributed by atoms with van der Waals surface area (Å²) >= 11 is 0. The molecule has 192 valence electrons. The molecule has 0 unspecified atom stereocenters. The molecule has 1 fully saturated rings. The number of hydrogen-bond acceptors (Lipinski definition) is 8. The molecule has 0 aromatic carbocycles. The van der Waals surface area contributed by atoms with Crippen molar-refractivity contribution in [2.24, 2.45) is 0 Å². The highest BCUT2D eigenvalue weighted by Gasteiger charge is 2.21. The van der Waals surface area contributed by atoms with Crippen molar-refractivity contribution >= 4 is 27.7 Å². The topological polar surface area (TPSA) is 130 Å². The maximum Gasteiger partial charge on any atom is 0.407 e. The van der Waals surface area contributed by atoms with Crippen LogP contribution in [0.4, 0.5) is 10.6 Å². The van der Waals surface area contributed by atoms with Gasteiger partial charge in [-0.15, -0.1) is 0 Å². The van der Waals surface area contributed by atoms with E-state index in [1.807, 2.05) is 38.7 Å². The second-order valence-corrected chi connectivity index (χ2v) is 11.7. The maximum atomic E-state index is 12.7. The van der Waals surface area contributed by atoms with E-state index in [0.29, 0.717) is 50.6 Å². The van der Waals surface area contributed by atoms with E-state index in [0.717, 1.165) is 25.0 Å². The minimum absolute atomic E-state index is 0.175. The normalized spacial score (nSPS) is 16.0. The molecule has 1 aliphatic heterocycles. The first-order chi connectivity index (χ1) is 16.0. The van der Waals surface area contributed by atoms with Crippen molar-refractivity contribution in [1.29, 1.82) is 0 Å². The van der Waals surface area contributed by atoms with Crippen LogP contribution in [0.5, 0.6) is 0 Å². The number of nitrogens with one attached hydrogen (secondary N) is 3. The molecule has 3 N–H and O–H groups in total.